The molecule has 1 N–H and O–H groups in total. The number of rotatable bonds is 4. The number of anilines is 1. The van der Waals surface area contributed by atoms with Crippen LogP contribution in [0.15, 0.2) is 47.6 Å². The van der Waals surface area contributed by atoms with E-state index in [0.29, 0.717) is 4.90 Å². The van der Waals surface area contributed by atoms with Gasteiger partial charge in [-0.25, -0.2) is 14.7 Å². The van der Waals surface area contributed by atoms with E-state index in [2.05, 4.69) is 4.98 Å². The number of alkyl halides is 3. The fraction of sp³-hybridized carbons (Fsp3) is 0.176. The van der Waals surface area contributed by atoms with E-state index in [1.54, 1.807) is 0 Å². The maximum Gasteiger partial charge on any atom is 0.416 e. The highest BCUT2D eigenvalue weighted by Gasteiger charge is 2.41. The second kappa shape index (κ2) is 7.03. The van der Waals surface area contributed by atoms with Crippen LogP contribution in [-0.2, 0) is 15.8 Å². The first-order valence-corrected chi connectivity index (χ1v) is 8.45. The normalized spacial score (nSPS) is 17.4. The average Bonchev–Trinajstić information content (AvgIpc) is 2.88. The third-order valence-corrected chi connectivity index (χ3v) is 4.99. The van der Waals surface area contributed by atoms with Gasteiger partial charge in [0.2, 0.25) is 11.8 Å². The van der Waals surface area contributed by atoms with Crippen LogP contribution in [0.3, 0.4) is 0 Å². The maximum atomic E-state index is 12.9. The second-order valence-electron chi connectivity index (χ2n) is 5.59. The summed E-state index contributed by atoms with van der Waals surface area (Å²) in [5.74, 6) is -2.62. The molecule has 0 radical (unpaired) electrons. The van der Waals surface area contributed by atoms with Crippen molar-refractivity contribution in [3.63, 3.8) is 0 Å². The number of nitrogens with zero attached hydrogens (tertiary/aromatic N) is 2. The van der Waals surface area contributed by atoms with Crippen molar-refractivity contribution in [1.29, 1.82) is 0 Å². The standard InChI is InChI=1S/C17H11F3N2O4S/c18-17(19,20)9-3-1-4-10(7-9)22-13(23)8-12(15(22)24)27-14-11(16(25)26)5-2-6-21-14/h1-7,12H,8H2,(H,25,26)/t12-/m1/s1. The topological polar surface area (TPSA) is 87.6 Å². The highest BCUT2D eigenvalue weighted by molar-refractivity contribution is 8.00. The maximum absolute atomic E-state index is 12.9. The quantitative estimate of drug-likeness (QED) is 0.799. The van der Waals surface area contributed by atoms with Crippen LogP contribution < -0.4 is 4.90 Å². The van der Waals surface area contributed by atoms with Crippen LogP contribution in [0, 0.1) is 0 Å². The Bertz CT molecular complexity index is 932. The van der Waals surface area contributed by atoms with E-state index in [4.69, 9.17) is 0 Å². The summed E-state index contributed by atoms with van der Waals surface area (Å²) in [6.45, 7) is 0. The minimum absolute atomic E-state index is 0.0574. The molecule has 27 heavy (non-hydrogen) atoms. The number of aromatic carboxylic acids is 1. The van der Waals surface area contributed by atoms with Crippen molar-refractivity contribution < 1.29 is 32.7 Å². The first-order chi connectivity index (χ1) is 12.7. The van der Waals surface area contributed by atoms with Gasteiger partial charge >= 0.3 is 12.1 Å². The third kappa shape index (κ3) is 3.80. The molecule has 2 heterocycles. The molecule has 0 bridgehead atoms. The molecule has 6 nitrogen and oxygen atoms in total. The van der Waals surface area contributed by atoms with Gasteiger partial charge in [-0.05, 0) is 30.3 Å². The molecule has 1 aromatic heterocycles. The van der Waals surface area contributed by atoms with Crippen molar-refractivity contribution in [2.24, 2.45) is 0 Å². The molecule has 140 valence electrons. The van der Waals surface area contributed by atoms with Gasteiger partial charge in [-0.2, -0.15) is 13.2 Å². The molecule has 1 fully saturated rings. The minimum atomic E-state index is -4.61. The molecule has 0 unspecified atom stereocenters. The van der Waals surface area contributed by atoms with E-state index in [1.165, 1.54) is 24.4 Å². The van der Waals surface area contributed by atoms with Crippen molar-refractivity contribution in [1.82, 2.24) is 4.98 Å². The van der Waals surface area contributed by atoms with Gasteiger partial charge in [0.15, 0.2) is 0 Å². The van der Waals surface area contributed by atoms with Crippen LogP contribution in [0.25, 0.3) is 0 Å². The molecule has 0 aliphatic carbocycles. The predicted molar refractivity (Wildman–Crippen MR) is 89.4 cm³/mol. The van der Waals surface area contributed by atoms with Crippen molar-refractivity contribution in [2.45, 2.75) is 22.9 Å². The van der Waals surface area contributed by atoms with E-state index in [0.717, 1.165) is 30.0 Å². The molecule has 1 saturated heterocycles. The molecule has 2 amide bonds. The highest BCUT2D eigenvalue weighted by Crippen LogP contribution is 2.36. The number of hydrogen-bond donors (Lipinski definition) is 1. The van der Waals surface area contributed by atoms with E-state index in [9.17, 15) is 32.7 Å². The lowest BCUT2D eigenvalue weighted by Crippen LogP contribution is -2.31. The van der Waals surface area contributed by atoms with Crippen LogP contribution in [0.5, 0.6) is 0 Å². The number of carboxylic acids is 1. The molecule has 1 aromatic carbocycles. The van der Waals surface area contributed by atoms with Crippen LogP contribution in [0.4, 0.5) is 18.9 Å². The molecule has 10 heteroatoms. The summed E-state index contributed by atoms with van der Waals surface area (Å²) in [6.07, 6.45) is -3.53. The molecular weight excluding hydrogens is 385 g/mol. The van der Waals surface area contributed by atoms with Crippen molar-refractivity contribution in [2.75, 3.05) is 4.90 Å². The lowest BCUT2D eigenvalue weighted by atomic mass is 10.2. The third-order valence-electron chi connectivity index (χ3n) is 3.79. The Morgan fingerprint density at radius 3 is 2.63 bits per heavy atom. The number of halogens is 3. The summed E-state index contributed by atoms with van der Waals surface area (Å²) >= 11 is 0.800. The number of thioether (sulfide) groups is 1. The van der Waals surface area contributed by atoms with Crippen molar-refractivity contribution >= 4 is 35.2 Å². The molecular formula is C17H11F3N2O4S. The fourth-order valence-electron chi connectivity index (χ4n) is 2.57. The summed E-state index contributed by atoms with van der Waals surface area (Å²) in [4.78, 5) is 40.7. The minimum Gasteiger partial charge on any atom is -0.478 e. The zero-order chi connectivity index (χ0) is 19.8. The number of hydrogen-bond acceptors (Lipinski definition) is 5. The number of benzene rings is 1. The first-order valence-electron chi connectivity index (χ1n) is 7.57. The van der Waals surface area contributed by atoms with E-state index in [1.807, 2.05) is 0 Å². The van der Waals surface area contributed by atoms with Crippen LogP contribution >= 0.6 is 11.8 Å². The summed E-state index contributed by atoms with van der Waals surface area (Å²) < 4.78 is 38.6. The Balaban J connectivity index is 1.87. The summed E-state index contributed by atoms with van der Waals surface area (Å²) in [7, 11) is 0. The van der Waals surface area contributed by atoms with Gasteiger partial charge in [-0.1, -0.05) is 17.8 Å². The SMILES string of the molecule is O=C(O)c1cccnc1S[C@@H]1CC(=O)N(c2cccc(C(F)(F)F)c2)C1=O. The lowest BCUT2D eigenvalue weighted by molar-refractivity contribution is -0.137. The van der Waals surface area contributed by atoms with Gasteiger partial charge < -0.3 is 5.11 Å². The smallest absolute Gasteiger partial charge is 0.416 e. The number of imide groups is 1. The molecule has 2 aromatic rings. The molecule has 0 spiro atoms. The summed E-state index contributed by atoms with van der Waals surface area (Å²) in [5.41, 5.74) is -1.28. The van der Waals surface area contributed by atoms with Crippen LogP contribution in [0.1, 0.15) is 22.3 Å². The molecule has 0 saturated carbocycles. The molecule has 1 aliphatic heterocycles. The fourth-order valence-corrected chi connectivity index (χ4v) is 3.68. The van der Waals surface area contributed by atoms with Crippen molar-refractivity contribution in [3.05, 3.63) is 53.7 Å². The van der Waals surface area contributed by atoms with Crippen LogP contribution in [0.2, 0.25) is 0 Å². The Hall–Kier alpha value is -2.88. The van der Waals surface area contributed by atoms with E-state index >= 15 is 0 Å². The number of pyridine rings is 1. The predicted octanol–water partition coefficient (Wildman–Crippen LogP) is 3.22. The highest BCUT2D eigenvalue weighted by atomic mass is 32.2. The van der Waals surface area contributed by atoms with E-state index in [-0.39, 0.29) is 22.7 Å². The van der Waals surface area contributed by atoms with Gasteiger partial charge in [0.25, 0.3) is 0 Å². The van der Waals surface area contributed by atoms with Gasteiger partial charge in [0.05, 0.1) is 22.1 Å². The average molecular weight is 396 g/mol. The summed E-state index contributed by atoms with van der Waals surface area (Å²) in [6, 6.07) is 6.65. The number of aromatic nitrogens is 1. The van der Waals surface area contributed by atoms with Gasteiger partial charge in [0.1, 0.15) is 5.03 Å². The molecule has 1 atom stereocenters. The van der Waals surface area contributed by atoms with Gasteiger partial charge in [0, 0.05) is 12.6 Å². The summed E-state index contributed by atoms with van der Waals surface area (Å²) in [5, 5.41) is 8.26. The Labute approximate surface area is 155 Å². The Kier molecular flexibility index (Phi) is 4.92. The number of carbonyl (C=O) groups excluding carboxylic acids is 2. The zero-order valence-electron chi connectivity index (χ0n) is 13.4. The van der Waals surface area contributed by atoms with Crippen molar-refractivity contribution in [3.8, 4) is 0 Å². The first kappa shape index (κ1) is 18.9. The van der Waals surface area contributed by atoms with Crippen LogP contribution in [-0.4, -0.2) is 33.1 Å². The van der Waals surface area contributed by atoms with Gasteiger partial charge in [-0.15, -0.1) is 0 Å². The zero-order valence-corrected chi connectivity index (χ0v) is 14.3. The Morgan fingerprint density at radius 2 is 1.96 bits per heavy atom. The number of carboxylic acid groups (broad SMARTS) is 1. The van der Waals surface area contributed by atoms with E-state index < -0.39 is 34.8 Å². The number of amides is 2. The largest absolute Gasteiger partial charge is 0.478 e. The number of carbonyl (C=O) groups is 3. The lowest BCUT2D eigenvalue weighted by Gasteiger charge is -2.17. The van der Waals surface area contributed by atoms with Gasteiger partial charge in [-0.3, -0.25) is 9.59 Å². The molecule has 3 rings (SSSR count). The monoisotopic (exact) mass is 396 g/mol. The molecule has 1 aliphatic rings. The Morgan fingerprint density at radius 1 is 1.22 bits per heavy atom. The second-order valence-corrected chi connectivity index (χ2v) is 6.78.